The number of aromatic carboxylic acids is 1. The molecule has 3 aromatic rings. The number of fused-ring (bicyclic) bond motifs is 1. The van der Waals surface area contributed by atoms with Crippen LogP contribution in [-0.2, 0) is 12.8 Å². The van der Waals surface area contributed by atoms with E-state index in [0.717, 1.165) is 4.90 Å². The Bertz CT molecular complexity index is 994. The topological polar surface area (TPSA) is 62.2 Å². The number of aromatic nitrogens is 1. The molecule has 150 valence electrons. The van der Waals surface area contributed by atoms with E-state index in [-0.39, 0.29) is 11.4 Å². The Labute approximate surface area is 174 Å². The molecule has 6 heteroatoms. The van der Waals surface area contributed by atoms with Crippen LogP contribution in [0.5, 0.6) is 0 Å². The maximum Gasteiger partial charge on any atom is 0.337 e. The van der Waals surface area contributed by atoms with Gasteiger partial charge >= 0.3 is 5.97 Å². The third-order valence-electron chi connectivity index (χ3n) is 4.67. The number of anilines is 1. The van der Waals surface area contributed by atoms with E-state index in [9.17, 15) is 9.18 Å². The number of halogens is 1. The lowest BCUT2D eigenvalue weighted by Crippen LogP contribution is -2.02. The van der Waals surface area contributed by atoms with Gasteiger partial charge in [0.25, 0.3) is 0 Å². The molecule has 2 aromatic carbocycles. The smallest absolute Gasteiger partial charge is 0.337 e. The lowest BCUT2D eigenvalue weighted by molar-refractivity contribution is 0.0698. The van der Waals surface area contributed by atoms with Crippen molar-refractivity contribution >= 4 is 23.4 Å². The molecule has 0 unspecified atom stereocenters. The van der Waals surface area contributed by atoms with Gasteiger partial charge in [0.05, 0.1) is 17.4 Å². The minimum atomic E-state index is -0.947. The number of nitrogens with one attached hydrogen (secondary N) is 1. The summed E-state index contributed by atoms with van der Waals surface area (Å²) in [5, 5.41) is 11.4. The Morgan fingerprint density at radius 3 is 2.52 bits per heavy atom. The van der Waals surface area contributed by atoms with Gasteiger partial charge in [-0.1, -0.05) is 23.9 Å². The summed E-state index contributed by atoms with van der Waals surface area (Å²) in [4.78, 5) is 16.5. The summed E-state index contributed by atoms with van der Waals surface area (Å²) in [5.41, 5.74) is 3.73. The van der Waals surface area contributed by atoms with E-state index in [4.69, 9.17) is 5.11 Å². The van der Waals surface area contributed by atoms with Gasteiger partial charge < -0.3 is 10.4 Å². The highest BCUT2D eigenvalue weighted by Crippen LogP contribution is 2.31. The first-order chi connectivity index (χ1) is 14.1. The van der Waals surface area contributed by atoms with Gasteiger partial charge in [-0.3, -0.25) is 4.98 Å². The van der Waals surface area contributed by atoms with Gasteiger partial charge in [0.15, 0.2) is 0 Å². The van der Waals surface area contributed by atoms with Crippen molar-refractivity contribution in [3.05, 3.63) is 83.4 Å². The molecule has 1 aliphatic carbocycles. The molecule has 0 spiro atoms. The number of carboxylic acid groups (broad SMARTS) is 1. The first-order valence-electron chi connectivity index (χ1n) is 9.47. The van der Waals surface area contributed by atoms with Crippen molar-refractivity contribution < 1.29 is 14.3 Å². The van der Waals surface area contributed by atoms with Gasteiger partial charge in [0.2, 0.25) is 0 Å². The molecule has 0 saturated heterocycles. The van der Waals surface area contributed by atoms with Crippen LogP contribution in [0.3, 0.4) is 0 Å². The summed E-state index contributed by atoms with van der Waals surface area (Å²) in [6.45, 7) is 0. The third-order valence-corrected chi connectivity index (χ3v) is 5.65. The van der Waals surface area contributed by atoms with Crippen molar-refractivity contribution in [3.63, 3.8) is 0 Å². The molecule has 0 amide bonds. The summed E-state index contributed by atoms with van der Waals surface area (Å²) in [5.74, 6) is -1.12. The highest BCUT2D eigenvalue weighted by molar-refractivity contribution is 7.99. The van der Waals surface area contributed by atoms with Gasteiger partial charge in [0.1, 0.15) is 5.82 Å². The number of aryl methyl sites for hydroxylation is 2. The predicted molar refractivity (Wildman–Crippen MR) is 114 cm³/mol. The molecule has 0 fully saturated rings. The van der Waals surface area contributed by atoms with Gasteiger partial charge in [0, 0.05) is 23.0 Å². The molecule has 29 heavy (non-hydrogen) atoms. The number of nitrogens with zero attached hydrogens (tertiary/aromatic N) is 1. The first kappa shape index (κ1) is 20.9. The van der Waals surface area contributed by atoms with E-state index in [1.54, 1.807) is 30.9 Å². The largest absolute Gasteiger partial charge is 0.478 e. The summed E-state index contributed by atoms with van der Waals surface area (Å²) in [6.07, 6.45) is 7.92. The number of carboxylic acids is 1. The lowest BCUT2D eigenvalue weighted by Gasteiger charge is -2.16. The van der Waals surface area contributed by atoms with Crippen molar-refractivity contribution in [2.24, 2.45) is 0 Å². The highest BCUT2D eigenvalue weighted by atomic mass is 32.2. The van der Waals surface area contributed by atoms with Crippen molar-refractivity contribution in [3.8, 4) is 0 Å². The molecular formula is C23H23FN2O2S. The van der Waals surface area contributed by atoms with Crippen LogP contribution in [0, 0.1) is 5.82 Å². The minimum Gasteiger partial charge on any atom is -0.478 e. The van der Waals surface area contributed by atoms with Crippen LogP contribution in [0.15, 0.2) is 70.7 Å². The summed E-state index contributed by atoms with van der Waals surface area (Å²) < 4.78 is 13.1. The molecule has 1 aromatic heterocycles. The summed E-state index contributed by atoms with van der Waals surface area (Å²) >= 11 is 1.63. The Morgan fingerprint density at radius 2 is 1.83 bits per heavy atom. The zero-order valence-corrected chi connectivity index (χ0v) is 17.0. The van der Waals surface area contributed by atoms with E-state index in [1.165, 1.54) is 66.2 Å². The Morgan fingerprint density at radius 1 is 1.07 bits per heavy atom. The predicted octanol–water partition coefficient (Wildman–Crippen LogP) is 5.68. The SMILES string of the molecule is CNc1cnccc1C(=O)O.Fc1cccc(Sc2ccc3c(c2)CCCC3)c1. The fraction of sp³-hybridized carbons (Fsp3) is 0.217. The fourth-order valence-electron chi connectivity index (χ4n) is 3.22. The quantitative estimate of drug-likeness (QED) is 0.580. The van der Waals surface area contributed by atoms with E-state index < -0.39 is 5.97 Å². The molecule has 0 radical (unpaired) electrons. The Kier molecular flexibility index (Phi) is 7.25. The fourth-order valence-corrected chi connectivity index (χ4v) is 4.15. The maximum absolute atomic E-state index is 13.1. The number of pyridine rings is 1. The second-order valence-corrected chi connectivity index (χ2v) is 7.82. The number of hydrogen-bond acceptors (Lipinski definition) is 4. The molecule has 2 N–H and O–H groups in total. The molecule has 1 heterocycles. The lowest BCUT2D eigenvalue weighted by atomic mass is 9.92. The van der Waals surface area contributed by atoms with Crippen LogP contribution in [-0.4, -0.2) is 23.1 Å². The van der Waals surface area contributed by atoms with Crippen molar-refractivity contribution in [2.75, 3.05) is 12.4 Å². The number of benzene rings is 2. The Balaban J connectivity index is 0.000000188. The molecular weight excluding hydrogens is 387 g/mol. The zero-order chi connectivity index (χ0) is 20.6. The standard InChI is InChI=1S/C16H15FS.C7H8N2O2/c17-14-6-3-7-15(11-14)18-16-9-8-12-4-1-2-5-13(12)10-16;1-8-6-4-9-3-2-5(6)7(10)11/h3,6-11H,1-2,4-5H2;2-4,8H,1H3,(H,10,11). The molecule has 4 nitrogen and oxygen atoms in total. The van der Waals surface area contributed by atoms with Gasteiger partial charge in [-0.2, -0.15) is 0 Å². The first-order valence-corrected chi connectivity index (χ1v) is 10.3. The average Bonchev–Trinajstić information content (AvgIpc) is 2.74. The van der Waals surface area contributed by atoms with E-state index >= 15 is 0 Å². The number of carbonyl (C=O) groups is 1. The summed E-state index contributed by atoms with van der Waals surface area (Å²) in [7, 11) is 1.66. The number of hydrogen-bond donors (Lipinski definition) is 2. The van der Waals surface area contributed by atoms with E-state index in [1.807, 2.05) is 6.07 Å². The molecule has 0 bridgehead atoms. The van der Waals surface area contributed by atoms with Crippen LogP contribution >= 0.6 is 11.8 Å². The molecule has 1 aliphatic rings. The monoisotopic (exact) mass is 410 g/mol. The molecule has 0 saturated carbocycles. The van der Waals surface area contributed by atoms with E-state index in [0.29, 0.717) is 5.69 Å². The maximum atomic E-state index is 13.1. The van der Waals surface area contributed by atoms with Crippen LogP contribution in [0.2, 0.25) is 0 Å². The highest BCUT2D eigenvalue weighted by Gasteiger charge is 2.10. The number of rotatable bonds is 4. The van der Waals surface area contributed by atoms with Crippen LogP contribution < -0.4 is 5.32 Å². The summed E-state index contributed by atoms with van der Waals surface area (Å²) in [6, 6.07) is 14.9. The normalized spacial score (nSPS) is 12.3. The van der Waals surface area contributed by atoms with Crippen LogP contribution in [0.4, 0.5) is 10.1 Å². The second-order valence-electron chi connectivity index (χ2n) is 6.67. The third kappa shape index (κ3) is 5.81. The van der Waals surface area contributed by atoms with Gasteiger partial charge in [-0.15, -0.1) is 0 Å². The van der Waals surface area contributed by atoms with Gasteiger partial charge in [-0.05, 0) is 73.2 Å². The molecule has 0 atom stereocenters. The van der Waals surface area contributed by atoms with Crippen molar-refractivity contribution in [2.45, 2.75) is 35.5 Å². The average molecular weight is 411 g/mol. The van der Waals surface area contributed by atoms with Crippen LogP contribution in [0.25, 0.3) is 0 Å². The minimum absolute atomic E-state index is 0.169. The van der Waals surface area contributed by atoms with Crippen molar-refractivity contribution in [1.82, 2.24) is 4.98 Å². The van der Waals surface area contributed by atoms with Crippen molar-refractivity contribution in [1.29, 1.82) is 0 Å². The second kappa shape index (κ2) is 10.1. The zero-order valence-electron chi connectivity index (χ0n) is 16.2. The van der Waals surface area contributed by atoms with Gasteiger partial charge in [-0.25, -0.2) is 9.18 Å². The van der Waals surface area contributed by atoms with E-state index in [2.05, 4.69) is 28.5 Å². The Hall–Kier alpha value is -2.86. The molecule has 0 aliphatic heterocycles. The van der Waals surface area contributed by atoms with Crippen LogP contribution in [0.1, 0.15) is 34.3 Å². The molecule has 4 rings (SSSR count).